The van der Waals surface area contributed by atoms with Crippen molar-refractivity contribution in [1.82, 2.24) is 14.1 Å². The lowest BCUT2D eigenvalue weighted by atomic mass is 9.89. The zero-order valence-corrected chi connectivity index (χ0v) is 18.3. The predicted octanol–water partition coefficient (Wildman–Crippen LogP) is 3.53. The quantitative estimate of drug-likeness (QED) is 0.580. The van der Waals surface area contributed by atoms with Gasteiger partial charge in [-0.25, -0.2) is 4.98 Å². The number of aryl methyl sites for hydroxylation is 2. The standard InChI is InChI=1S/C22H27N3O3S/c1-13-5-6-16-19(9-13)29-21-20(16)22(27)24(12-23-21)11-18(26)17-10-14(2)25(15(17)3)7-8-28-4/h10,12-13H,5-9,11H2,1-4H3/t13-/m1/s1. The Kier molecular flexibility index (Phi) is 5.44. The number of methoxy groups -OCH3 is 1. The van der Waals surface area contributed by atoms with Crippen LogP contribution >= 0.6 is 11.3 Å². The zero-order valence-electron chi connectivity index (χ0n) is 17.4. The molecule has 1 aliphatic rings. The number of nitrogens with zero attached hydrogens (tertiary/aromatic N) is 3. The molecule has 3 aromatic heterocycles. The fraction of sp³-hybridized carbons (Fsp3) is 0.500. The lowest BCUT2D eigenvalue weighted by Crippen LogP contribution is -2.25. The van der Waals surface area contributed by atoms with Crippen LogP contribution in [0.2, 0.25) is 0 Å². The van der Waals surface area contributed by atoms with Gasteiger partial charge in [-0.15, -0.1) is 11.3 Å². The van der Waals surface area contributed by atoms with Crippen LogP contribution in [0.4, 0.5) is 0 Å². The summed E-state index contributed by atoms with van der Waals surface area (Å²) in [6, 6.07) is 1.90. The number of rotatable bonds is 6. The van der Waals surface area contributed by atoms with Gasteiger partial charge >= 0.3 is 0 Å². The Balaban J connectivity index is 1.66. The molecule has 154 valence electrons. The molecule has 0 saturated carbocycles. The van der Waals surface area contributed by atoms with E-state index in [2.05, 4.69) is 16.5 Å². The SMILES string of the molecule is COCCn1c(C)cc(C(=O)Cn2cnc3sc4c(c3c2=O)CC[C@@H](C)C4)c1C. The van der Waals surface area contributed by atoms with Crippen molar-refractivity contribution in [2.45, 2.75) is 53.1 Å². The number of carbonyl (C=O) groups is 1. The molecule has 0 N–H and O–H groups in total. The number of ether oxygens (including phenoxy) is 1. The van der Waals surface area contributed by atoms with Crippen molar-refractivity contribution in [3.63, 3.8) is 0 Å². The van der Waals surface area contributed by atoms with Crippen LogP contribution in [-0.2, 0) is 30.7 Å². The first-order valence-electron chi connectivity index (χ1n) is 10.1. The molecular weight excluding hydrogens is 386 g/mol. The highest BCUT2D eigenvalue weighted by atomic mass is 32.1. The molecule has 6 nitrogen and oxygen atoms in total. The van der Waals surface area contributed by atoms with Crippen LogP contribution < -0.4 is 5.56 Å². The number of Topliss-reactive ketones (excluding diaryl/α,β-unsaturated/α-hetero) is 1. The second kappa shape index (κ2) is 7.88. The van der Waals surface area contributed by atoms with E-state index < -0.39 is 0 Å². The van der Waals surface area contributed by atoms with Gasteiger partial charge in [-0.2, -0.15) is 0 Å². The Morgan fingerprint density at radius 2 is 2.17 bits per heavy atom. The van der Waals surface area contributed by atoms with E-state index in [9.17, 15) is 9.59 Å². The minimum Gasteiger partial charge on any atom is -0.383 e. The Bertz CT molecular complexity index is 1140. The Labute approximate surface area is 174 Å². The highest BCUT2D eigenvalue weighted by molar-refractivity contribution is 7.18. The van der Waals surface area contributed by atoms with Gasteiger partial charge in [-0.1, -0.05) is 6.92 Å². The van der Waals surface area contributed by atoms with Crippen LogP contribution in [0.25, 0.3) is 10.2 Å². The molecule has 7 heteroatoms. The minimum absolute atomic E-state index is 0.0113. The molecule has 0 amide bonds. The van der Waals surface area contributed by atoms with Crippen LogP contribution in [0.15, 0.2) is 17.2 Å². The molecule has 0 unspecified atom stereocenters. The van der Waals surface area contributed by atoms with E-state index in [0.29, 0.717) is 24.6 Å². The molecule has 29 heavy (non-hydrogen) atoms. The van der Waals surface area contributed by atoms with Crippen molar-refractivity contribution in [2.75, 3.05) is 13.7 Å². The average Bonchev–Trinajstić information content (AvgIpc) is 3.19. The average molecular weight is 414 g/mol. The number of ketones is 1. The Morgan fingerprint density at radius 1 is 1.38 bits per heavy atom. The number of carbonyl (C=O) groups excluding carboxylic acids is 1. The van der Waals surface area contributed by atoms with Crippen molar-refractivity contribution in [2.24, 2.45) is 5.92 Å². The van der Waals surface area contributed by atoms with E-state index in [4.69, 9.17) is 4.74 Å². The van der Waals surface area contributed by atoms with Crippen molar-refractivity contribution in [1.29, 1.82) is 0 Å². The van der Waals surface area contributed by atoms with Gasteiger partial charge in [0, 0.05) is 35.5 Å². The second-order valence-corrected chi connectivity index (χ2v) is 9.15. The maximum absolute atomic E-state index is 13.2. The van der Waals surface area contributed by atoms with Crippen molar-refractivity contribution >= 4 is 27.3 Å². The molecule has 3 aromatic rings. The molecular formula is C22H27N3O3S. The smallest absolute Gasteiger partial charge is 0.262 e. The number of thiophene rings is 1. The first-order valence-corrected chi connectivity index (χ1v) is 10.9. The van der Waals surface area contributed by atoms with E-state index in [-0.39, 0.29) is 17.9 Å². The Morgan fingerprint density at radius 3 is 2.93 bits per heavy atom. The molecule has 0 spiro atoms. The summed E-state index contributed by atoms with van der Waals surface area (Å²) in [7, 11) is 1.67. The molecule has 0 radical (unpaired) electrons. The van der Waals surface area contributed by atoms with E-state index in [1.807, 2.05) is 19.9 Å². The number of fused-ring (bicyclic) bond motifs is 3. The van der Waals surface area contributed by atoms with Crippen molar-refractivity contribution < 1.29 is 9.53 Å². The Hall–Kier alpha value is -2.25. The van der Waals surface area contributed by atoms with Gasteiger partial charge in [0.25, 0.3) is 5.56 Å². The summed E-state index contributed by atoms with van der Waals surface area (Å²) in [4.78, 5) is 32.8. The van der Waals surface area contributed by atoms with Gasteiger partial charge < -0.3 is 9.30 Å². The van der Waals surface area contributed by atoms with Crippen LogP contribution in [0, 0.1) is 19.8 Å². The molecule has 0 saturated heterocycles. The molecule has 1 atom stereocenters. The monoisotopic (exact) mass is 413 g/mol. The lowest BCUT2D eigenvalue weighted by molar-refractivity contribution is 0.0969. The lowest BCUT2D eigenvalue weighted by Gasteiger charge is -2.17. The van der Waals surface area contributed by atoms with E-state index >= 15 is 0 Å². The van der Waals surface area contributed by atoms with Gasteiger partial charge in [-0.05, 0) is 50.7 Å². The maximum Gasteiger partial charge on any atom is 0.262 e. The topological polar surface area (TPSA) is 66.1 Å². The fourth-order valence-electron chi connectivity index (χ4n) is 4.33. The molecule has 4 rings (SSSR count). The van der Waals surface area contributed by atoms with Crippen LogP contribution in [0.3, 0.4) is 0 Å². The highest BCUT2D eigenvalue weighted by Crippen LogP contribution is 2.35. The van der Waals surface area contributed by atoms with Crippen LogP contribution in [0.1, 0.15) is 45.5 Å². The van der Waals surface area contributed by atoms with Crippen molar-refractivity contribution in [3.05, 3.63) is 50.1 Å². The summed E-state index contributed by atoms with van der Waals surface area (Å²) < 4.78 is 8.71. The van der Waals surface area contributed by atoms with Gasteiger partial charge in [0.2, 0.25) is 0 Å². The molecule has 1 aliphatic carbocycles. The van der Waals surface area contributed by atoms with Gasteiger partial charge in [0.05, 0.1) is 24.9 Å². The predicted molar refractivity (Wildman–Crippen MR) is 115 cm³/mol. The maximum atomic E-state index is 13.2. The molecule has 0 aromatic carbocycles. The number of hydrogen-bond donors (Lipinski definition) is 0. The first-order chi connectivity index (χ1) is 13.9. The summed E-state index contributed by atoms with van der Waals surface area (Å²) in [6.45, 7) is 7.48. The van der Waals surface area contributed by atoms with Gasteiger partial charge in [0.1, 0.15) is 4.83 Å². The first kappa shape index (κ1) is 20.0. The normalized spacial score (nSPS) is 16.3. The van der Waals surface area contributed by atoms with Crippen LogP contribution in [-0.4, -0.2) is 33.6 Å². The van der Waals surface area contributed by atoms with E-state index in [0.717, 1.165) is 46.4 Å². The third kappa shape index (κ3) is 3.57. The fourth-order valence-corrected chi connectivity index (χ4v) is 5.67. The minimum atomic E-state index is -0.0939. The van der Waals surface area contributed by atoms with Crippen molar-refractivity contribution in [3.8, 4) is 0 Å². The summed E-state index contributed by atoms with van der Waals surface area (Å²) in [5.74, 6) is 0.579. The van der Waals surface area contributed by atoms with E-state index in [1.54, 1.807) is 18.4 Å². The third-order valence-corrected chi connectivity index (χ3v) is 7.15. The summed E-state index contributed by atoms with van der Waals surface area (Å²) in [6.07, 6.45) is 4.56. The van der Waals surface area contributed by atoms with Crippen LogP contribution in [0.5, 0.6) is 0 Å². The molecule has 0 aliphatic heterocycles. The zero-order chi connectivity index (χ0) is 20.7. The third-order valence-electron chi connectivity index (χ3n) is 5.99. The van der Waals surface area contributed by atoms with E-state index in [1.165, 1.54) is 15.8 Å². The molecule has 0 fully saturated rings. The largest absolute Gasteiger partial charge is 0.383 e. The molecule has 0 bridgehead atoms. The number of hydrogen-bond acceptors (Lipinski definition) is 5. The highest BCUT2D eigenvalue weighted by Gasteiger charge is 2.24. The summed E-state index contributed by atoms with van der Waals surface area (Å²) >= 11 is 1.63. The second-order valence-electron chi connectivity index (χ2n) is 8.06. The number of aromatic nitrogens is 3. The van der Waals surface area contributed by atoms with Gasteiger partial charge in [-0.3, -0.25) is 14.2 Å². The van der Waals surface area contributed by atoms with Gasteiger partial charge in [0.15, 0.2) is 5.78 Å². The summed E-state index contributed by atoms with van der Waals surface area (Å²) in [5.41, 5.74) is 3.65. The molecule has 3 heterocycles. The summed E-state index contributed by atoms with van der Waals surface area (Å²) in [5, 5.41) is 0.720.